The number of methoxy groups -OCH3 is 1. The Balaban J connectivity index is 1.33. The Kier molecular flexibility index (Phi) is 5.32. The van der Waals surface area contributed by atoms with Gasteiger partial charge in [0.2, 0.25) is 0 Å². The lowest BCUT2D eigenvalue weighted by molar-refractivity contribution is 0.0328. The van der Waals surface area contributed by atoms with Crippen LogP contribution in [0.4, 0.5) is 0 Å². The quantitative estimate of drug-likeness (QED) is 0.715. The number of likely N-dealkylation sites (tertiary alicyclic amines) is 1. The number of benzene rings is 2. The largest absolute Gasteiger partial charge is 0.508 e. The van der Waals surface area contributed by atoms with Crippen LogP contribution in [0, 0.1) is 11.8 Å². The van der Waals surface area contributed by atoms with Crippen molar-refractivity contribution < 1.29 is 20.1 Å². The standard InChI is InChI=1S/C23H29NO4/c1-28-21-4-2-3-16(9-21)10-23(27)11-18-13-24(14-19(18)12-23)15-22(26)17-5-7-20(25)8-6-17/h2-9,18-19,22,25-27H,10-15H2,1H3. The van der Waals surface area contributed by atoms with Crippen LogP contribution in [-0.2, 0) is 6.42 Å². The van der Waals surface area contributed by atoms with Crippen LogP contribution in [0.25, 0.3) is 0 Å². The van der Waals surface area contributed by atoms with Crippen LogP contribution >= 0.6 is 0 Å². The van der Waals surface area contributed by atoms with Crippen molar-refractivity contribution in [2.24, 2.45) is 11.8 Å². The van der Waals surface area contributed by atoms with E-state index in [0.717, 1.165) is 42.8 Å². The Labute approximate surface area is 166 Å². The van der Waals surface area contributed by atoms with Gasteiger partial charge in [-0.05, 0) is 60.1 Å². The fraction of sp³-hybridized carbons (Fsp3) is 0.478. The van der Waals surface area contributed by atoms with E-state index in [0.29, 0.717) is 24.8 Å². The molecule has 1 heterocycles. The maximum Gasteiger partial charge on any atom is 0.119 e. The monoisotopic (exact) mass is 383 g/mol. The molecule has 3 N–H and O–H groups in total. The number of nitrogens with zero attached hydrogens (tertiary/aromatic N) is 1. The number of fused-ring (bicyclic) bond motifs is 1. The number of ether oxygens (including phenoxy) is 1. The van der Waals surface area contributed by atoms with Crippen molar-refractivity contribution >= 4 is 0 Å². The molecule has 2 aliphatic rings. The zero-order valence-corrected chi connectivity index (χ0v) is 16.3. The summed E-state index contributed by atoms with van der Waals surface area (Å²) in [5, 5.41) is 31.0. The molecule has 0 spiro atoms. The molecule has 1 aliphatic heterocycles. The number of rotatable bonds is 6. The Morgan fingerprint density at radius 2 is 1.79 bits per heavy atom. The van der Waals surface area contributed by atoms with Gasteiger partial charge in [0.05, 0.1) is 18.8 Å². The Bertz CT molecular complexity index is 793. The minimum atomic E-state index is -0.649. The van der Waals surface area contributed by atoms with Crippen molar-refractivity contribution in [1.29, 1.82) is 0 Å². The van der Waals surface area contributed by atoms with Crippen molar-refractivity contribution in [1.82, 2.24) is 4.90 Å². The molecule has 1 aliphatic carbocycles. The van der Waals surface area contributed by atoms with E-state index in [1.54, 1.807) is 31.4 Å². The number of aliphatic hydroxyl groups is 2. The second-order valence-corrected chi connectivity index (χ2v) is 8.51. The molecule has 2 aromatic rings. The molecule has 3 unspecified atom stereocenters. The van der Waals surface area contributed by atoms with E-state index in [1.807, 2.05) is 18.2 Å². The molecule has 28 heavy (non-hydrogen) atoms. The highest BCUT2D eigenvalue weighted by Crippen LogP contribution is 2.45. The van der Waals surface area contributed by atoms with Crippen LogP contribution in [0.15, 0.2) is 48.5 Å². The van der Waals surface area contributed by atoms with Crippen molar-refractivity contribution in [3.8, 4) is 11.5 Å². The summed E-state index contributed by atoms with van der Waals surface area (Å²) >= 11 is 0. The molecule has 4 rings (SSSR count). The number of hydrogen-bond donors (Lipinski definition) is 3. The smallest absolute Gasteiger partial charge is 0.119 e. The maximum atomic E-state index is 11.2. The topological polar surface area (TPSA) is 73.2 Å². The molecule has 0 aromatic heterocycles. The number of aromatic hydroxyl groups is 1. The third-order valence-corrected chi connectivity index (χ3v) is 6.31. The van der Waals surface area contributed by atoms with Crippen molar-refractivity contribution in [2.75, 3.05) is 26.7 Å². The van der Waals surface area contributed by atoms with Gasteiger partial charge in [-0.25, -0.2) is 0 Å². The molecule has 1 saturated heterocycles. The summed E-state index contributed by atoms with van der Waals surface area (Å²) in [7, 11) is 1.66. The summed E-state index contributed by atoms with van der Waals surface area (Å²) in [6, 6.07) is 14.7. The second-order valence-electron chi connectivity index (χ2n) is 8.51. The molecule has 2 fully saturated rings. The summed E-state index contributed by atoms with van der Waals surface area (Å²) in [6.45, 7) is 2.42. The minimum absolute atomic E-state index is 0.210. The van der Waals surface area contributed by atoms with Gasteiger partial charge in [-0.15, -0.1) is 0 Å². The van der Waals surface area contributed by atoms with Crippen molar-refractivity contribution in [3.63, 3.8) is 0 Å². The molecule has 3 atom stereocenters. The fourth-order valence-corrected chi connectivity index (χ4v) is 5.06. The first kappa shape index (κ1) is 19.2. The molecule has 0 bridgehead atoms. The first-order valence-corrected chi connectivity index (χ1v) is 9.99. The predicted molar refractivity (Wildman–Crippen MR) is 107 cm³/mol. The van der Waals surface area contributed by atoms with Gasteiger partial charge in [0.25, 0.3) is 0 Å². The van der Waals surface area contributed by atoms with Crippen LogP contribution in [0.2, 0.25) is 0 Å². The zero-order chi connectivity index (χ0) is 19.7. The average Bonchev–Trinajstić information content (AvgIpc) is 3.16. The van der Waals surface area contributed by atoms with Crippen LogP contribution < -0.4 is 4.74 Å². The highest BCUT2D eigenvalue weighted by Gasteiger charge is 2.48. The normalized spacial score (nSPS) is 28.2. The molecular formula is C23H29NO4. The third-order valence-electron chi connectivity index (χ3n) is 6.31. The lowest BCUT2D eigenvalue weighted by atomic mass is 9.91. The molecule has 5 heteroatoms. The van der Waals surface area contributed by atoms with Crippen LogP contribution in [-0.4, -0.2) is 52.6 Å². The molecule has 2 aromatic carbocycles. The van der Waals surface area contributed by atoms with E-state index in [1.165, 1.54) is 0 Å². The van der Waals surface area contributed by atoms with Crippen molar-refractivity contribution in [3.05, 3.63) is 59.7 Å². The third kappa shape index (κ3) is 4.17. The maximum absolute atomic E-state index is 11.2. The van der Waals surface area contributed by atoms with E-state index in [-0.39, 0.29) is 5.75 Å². The van der Waals surface area contributed by atoms with Crippen LogP contribution in [0.1, 0.15) is 30.1 Å². The summed E-state index contributed by atoms with van der Waals surface area (Å²) in [4.78, 5) is 2.30. The summed E-state index contributed by atoms with van der Waals surface area (Å²) in [5.41, 5.74) is 1.29. The molecule has 0 amide bonds. The Morgan fingerprint density at radius 3 is 2.43 bits per heavy atom. The molecular weight excluding hydrogens is 354 g/mol. The molecule has 5 nitrogen and oxygen atoms in total. The van der Waals surface area contributed by atoms with Gasteiger partial charge < -0.3 is 20.1 Å². The van der Waals surface area contributed by atoms with E-state index in [9.17, 15) is 15.3 Å². The predicted octanol–water partition coefficient (Wildman–Crippen LogP) is 2.75. The van der Waals surface area contributed by atoms with Gasteiger partial charge in [-0.2, -0.15) is 0 Å². The Morgan fingerprint density at radius 1 is 1.11 bits per heavy atom. The van der Waals surface area contributed by atoms with Crippen LogP contribution in [0.5, 0.6) is 11.5 Å². The molecule has 150 valence electrons. The van der Waals surface area contributed by atoms with Gasteiger partial charge in [0.15, 0.2) is 0 Å². The molecule has 1 saturated carbocycles. The number of phenolic OH excluding ortho intramolecular Hbond substituents is 1. The lowest BCUT2D eigenvalue weighted by Crippen LogP contribution is -2.33. The number of hydrogen-bond acceptors (Lipinski definition) is 5. The van der Waals surface area contributed by atoms with Gasteiger partial charge >= 0.3 is 0 Å². The first-order valence-electron chi connectivity index (χ1n) is 9.99. The van der Waals surface area contributed by atoms with E-state index < -0.39 is 11.7 Å². The summed E-state index contributed by atoms with van der Waals surface area (Å²) < 4.78 is 5.29. The number of phenols is 1. The highest BCUT2D eigenvalue weighted by molar-refractivity contribution is 5.30. The zero-order valence-electron chi connectivity index (χ0n) is 16.3. The molecule has 0 radical (unpaired) electrons. The Hall–Kier alpha value is -2.08. The van der Waals surface area contributed by atoms with Crippen molar-refractivity contribution in [2.45, 2.75) is 31.0 Å². The number of aliphatic hydroxyl groups excluding tert-OH is 1. The summed E-state index contributed by atoms with van der Waals surface area (Å²) in [6.07, 6.45) is 1.71. The van der Waals surface area contributed by atoms with Gasteiger partial charge in [0.1, 0.15) is 11.5 Å². The average molecular weight is 383 g/mol. The first-order chi connectivity index (χ1) is 13.4. The lowest BCUT2D eigenvalue weighted by Gasteiger charge is -2.27. The van der Waals surface area contributed by atoms with E-state index in [2.05, 4.69) is 11.0 Å². The highest BCUT2D eigenvalue weighted by atomic mass is 16.5. The van der Waals surface area contributed by atoms with E-state index >= 15 is 0 Å². The van der Waals surface area contributed by atoms with Gasteiger partial charge in [-0.3, -0.25) is 4.90 Å². The van der Waals surface area contributed by atoms with E-state index in [4.69, 9.17) is 4.74 Å². The SMILES string of the molecule is COc1cccc(CC2(O)CC3CN(CC(O)c4ccc(O)cc4)CC3C2)c1. The minimum Gasteiger partial charge on any atom is -0.508 e. The van der Waals surface area contributed by atoms with Gasteiger partial charge in [0, 0.05) is 26.1 Å². The number of β-amino-alcohol motifs (C(OH)–C–C–N with tert-alkyl or cyclic N) is 1. The van der Waals surface area contributed by atoms with Crippen LogP contribution in [0.3, 0.4) is 0 Å². The summed E-state index contributed by atoms with van der Waals surface area (Å²) in [5.74, 6) is 1.99. The van der Waals surface area contributed by atoms with Gasteiger partial charge in [-0.1, -0.05) is 24.3 Å². The fourth-order valence-electron chi connectivity index (χ4n) is 5.06. The second kappa shape index (κ2) is 7.74.